The Kier molecular flexibility index (Phi) is 5.45. The number of amides is 1. The summed E-state index contributed by atoms with van der Waals surface area (Å²) >= 11 is 0. The number of benzene rings is 1. The third kappa shape index (κ3) is 4.05. The molecule has 2 atom stereocenters. The molecule has 3 rings (SSSR count). The van der Waals surface area contributed by atoms with E-state index in [4.69, 9.17) is 0 Å². The number of hydrazine groups is 1. The fraction of sp³-hybridized carbons (Fsp3) is 0.444. The van der Waals surface area contributed by atoms with E-state index >= 15 is 0 Å². The molecule has 0 spiro atoms. The molecule has 2 aromatic rings. The second-order valence-corrected chi connectivity index (χ2v) is 6.48. The van der Waals surface area contributed by atoms with Gasteiger partial charge in [0.2, 0.25) is 5.91 Å². The van der Waals surface area contributed by atoms with Gasteiger partial charge < -0.3 is 9.47 Å². The molecule has 1 aliphatic rings. The summed E-state index contributed by atoms with van der Waals surface area (Å²) in [6.07, 6.45) is 5.38. The highest BCUT2D eigenvalue weighted by molar-refractivity contribution is 5.80. The number of hydrogen-bond acceptors (Lipinski definition) is 4. The van der Waals surface area contributed by atoms with Gasteiger partial charge in [0.1, 0.15) is 11.6 Å². The zero-order chi connectivity index (χ0) is 17.8. The van der Waals surface area contributed by atoms with Gasteiger partial charge in [0.25, 0.3) is 0 Å². The minimum Gasteiger partial charge on any atom is -0.345 e. The van der Waals surface area contributed by atoms with Crippen molar-refractivity contribution in [2.24, 2.45) is 13.0 Å². The molecule has 25 heavy (non-hydrogen) atoms. The lowest BCUT2D eigenvalue weighted by Gasteiger charge is -2.24. The van der Waals surface area contributed by atoms with Crippen LogP contribution in [0.2, 0.25) is 0 Å². The molecule has 1 fully saturated rings. The van der Waals surface area contributed by atoms with Gasteiger partial charge >= 0.3 is 0 Å². The first-order chi connectivity index (χ1) is 12.1. The van der Waals surface area contributed by atoms with Crippen LogP contribution >= 0.6 is 0 Å². The molecule has 0 bridgehead atoms. The van der Waals surface area contributed by atoms with Crippen LogP contribution in [0, 0.1) is 11.7 Å². The predicted molar refractivity (Wildman–Crippen MR) is 92.9 cm³/mol. The Hall–Kier alpha value is -2.25. The number of halogens is 1. The summed E-state index contributed by atoms with van der Waals surface area (Å²) in [7, 11) is 3.79. The standard InChI is InChI=1S/C18H24FN5O/c1-23-10-8-20-16(23)7-4-9-24(2)18(25)15-12-21-22-17(15)13-5-3-6-14(19)11-13/h3,5-6,8,10-11,15,17,21-22H,4,7,9,12H2,1-2H3. The van der Waals surface area contributed by atoms with Crippen molar-refractivity contribution in [3.8, 4) is 0 Å². The highest BCUT2D eigenvalue weighted by atomic mass is 19.1. The van der Waals surface area contributed by atoms with Crippen LogP contribution in [-0.2, 0) is 18.3 Å². The smallest absolute Gasteiger partial charge is 0.228 e. The average molecular weight is 345 g/mol. The lowest BCUT2D eigenvalue weighted by atomic mass is 9.93. The average Bonchev–Trinajstić information content (AvgIpc) is 3.23. The number of nitrogens with one attached hydrogen (secondary N) is 2. The maximum absolute atomic E-state index is 13.5. The number of hydrogen-bond donors (Lipinski definition) is 2. The zero-order valence-corrected chi connectivity index (χ0v) is 14.6. The Labute approximate surface area is 147 Å². The fourth-order valence-electron chi connectivity index (χ4n) is 3.25. The first kappa shape index (κ1) is 17.6. The van der Waals surface area contributed by atoms with Gasteiger partial charge in [-0.2, -0.15) is 0 Å². The lowest BCUT2D eigenvalue weighted by Crippen LogP contribution is -2.37. The van der Waals surface area contributed by atoms with Gasteiger partial charge in [-0.25, -0.2) is 14.8 Å². The van der Waals surface area contributed by atoms with E-state index in [9.17, 15) is 9.18 Å². The number of nitrogens with zero attached hydrogens (tertiary/aromatic N) is 3. The summed E-state index contributed by atoms with van der Waals surface area (Å²) in [5.74, 6) is 0.537. The summed E-state index contributed by atoms with van der Waals surface area (Å²) in [4.78, 5) is 18.9. The molecule has 0 aliphatic carbocycles. The van der Waals surface area contributed by atoms with Crippen molar-refractivity contribution < 1.29 is 9.18 Å². The summed E-state index contributed by atoms with van der Waals surface area (Å²) in [5.41, 5.74) is 6.91. The largest absolute Gasteiger partial charge is 0.345 e. The van der Waals surface area contributed by atoms with Crippen LogP contribution in [0.15, 0.2) is 36.7 Å². The second kappa shape index (κ2) is 7.76. The van der Waals surface area contributed by atoms with Gasteiger partial charge in [0.15, 0.2) is 0 Å². The molecule has 1 saturated heterocycles. The van der Waals surface area contributed by atoms with Crippen LogP contribution in [0.5, 0.6) is 0 Å². The van der Waals surface area contributed by atoms with Crippen LogP contribution in [-0.4, -0.2) is 40.5 Å². The molecule has 1 aromatic carbocycles. The Morgan fingerprint density at radius 3 is 3.04 bits per heavy atom. The predicted octanol–water partition coefficient (Wildman–Crippen LogP) is 1.42. The molecular formula is C18H24FN5O. The van der Waals surface area contributed by atoms with Gasteiger partial charge in [-0.1, -0.05) is 12.1 Å². The Morgan fingerprint density at radius 1 is 1.48 bits per heavy atom. The van der Waals surface area contributed by atoms with Crippen molar-refractivity contribution in [3.05, 3.63) is 53.9 Å². The van der Waals surface area contributed by atoms with Crippen LogP contribution in [0.1, 0.15) is 23.9 Å². The highest BCUT2D eigenvalue weighted by Gasteiger charge is 2.35. The number of imidazole rings is 1. The van der Waals surface area contributed by atoms with Crippen LogP contribution in [0.4, 0.5) is 4.39 Å². The van der Waals surface area contributed by atoms with Gasteiger partial charge in [0, 0.05) is 46.0 Å². The number of carbonyl (C=O) groups excluding carboxylic acids is 1. The summed E-state index contributed by atoms with van der Waals surface area (Å²) in [5, 5.41) is 0. The molecule has 0 saturated carbocycles. The van der Waals surface area contributed by atoms with E-state index in [-0.39, 0.29) is 23.7 Å². The van der Waals surface area contributed by atoms with E-state index < -0.39 is 0 Å². The number of aryl methyl sites for hydroxylation is 2. The van der Waals surface area contributed by atoms with Crippen LogP contribution in [0.25, 0.3) is 0 Å². The molecule has 1 aromatic heterocycles. The van der Waals surface area contributed by atoms with Crippen molar-refractivity contribution in [3.63, 3.8) is 0 Å². The first-order valence-corrected chi connectivity index (χ1v) is 8.51. The van der Waals surface area contributed by atoms with Gasteiger partial charge in [-0.05, 0) is 24.1 Å². The SMILES string of the molecule is CN(CCCc1nccn1C)C(=O)C1CNNC1c1cccc(F)c1. The molecule has 1 aliphatic heterocycles. The topological polar surface area (TPSA) is 62.2 Å². The first-order valence-electron chi connectivity index (χ1n) is 8.51. The molecule has 134 valence electrons. The minimum absolute atomic E-state index is 0.0617. The third-order valence-electron chi connectivity index (χ3n) is 4.70. The molecule has 0 radical (unpaired) electrons. The summed E-state index contributed by atoms with van der Waals surface area (Å²) in [6, 6.07) is 6.18. The molecular weight excluding hydrogens is 321 g/mol. The molecule has 6 nitrogen and oxygen atoms in total. The van der Waals surface area contributed by atoms with Crippen molar-refractivity contribution in [2.45, 2.75) is 18.9 Å². The minimum atomic E-state index is -0.291. The molecule has 1 amide bonds. The number of aromatic nitrogens is 2. The van der Waals surface area contributed by atoms with Gasteiger partial charge in [-0.3, -0.25) is 10.2 Å². The molecule has 7 heteroatoms. The van der Waals surface area contributed by atoms with Crippen LogP contribution < -0.4 is 10.9 Å². The van der Waals surface area contributed by atoms with Gasteiger partial charge in [0.05, 0.1) is 12.0 Å². The lowest BCUT2D eigenvalue weighted by molar-refractivity contribution is -0.134. The van der Waals surface area contributed by atoms with E-state index in [2.05, 4.69) is 15.8 Å². The van der Waals surface area contributed by atoms with E-state index in [0.717, 1.165) is 24.2 Å². The molecule has 2 N–H and O–H groups in total. The van der Waals surface area contributed by atoms with E-state index in [1.54, 1.807) is 17.2 Å². The maximum Gasteiger partial charge on any atom is 0.228 e. The fourth-order valence-corrected chi connectivity index (χ4v) is 3.25. The molecule has 2 unspecified atom stereocenters. The Morgan fingerprint density at radius 2 is 2.32 bits per heavy atom. The third-order valence-corrected chi connectivity index (χ3v) is 4.70. The number of carbonyl (C=O) groups is 1. The second-order valence-electron chi connectivity index (χ2n) is 6.48. The summed E-state index contributed by atoms with van der Waals surface area (Å²) in [6.45, 7) is 1.20. The Bertz CT molecular complexity index is 732. The van der Waals surface area contributed by atoms with Crippen molar-refractivity contribution in [1.82, 2.24) is 25.3 Å². The molecule has 2 heterocycles. The van der Waals surface area contributed by atoms with Gasteiger partial charge in [-0.15, -0.1) is 0 Å². The van der Waals surface area contributed by atoms with E-state index in [0.29, 0.717) is 13.1 Å². The maximum atomic E-state index is 13.5. The van der Waals surface area contributed by atoms with Crippen molar-refractivity contribution in [2.75, 3.05) is 20.1 Å². The normalized spacial score (nSPS) is 20.0. The van der Waals surface area contributed by atoms with Crippen molar-refractivity contribution in [1.29, 1.82) is 0 Å². The number of rotatable bonds is 6. The van der Waals surface area contributed by atoms with Crippen molar-refractivity contribution >= 4 is 5.91 Å². The van der Waals surface area contributed by atoms with Crippen LogP contribution in [0.3, 0.4) is 0 Å². The summed E-state index contributed by atoms with van der Waals surface area (Å²) < 4.78 is 15.5. The zero-order valence-electron chi connectivity index (χ0n) is 14.6. The highest BCUT2D eigenvalue weighted by Crippen LogP contribution is 2.26. The van der Waals surface area contributed by atoms with E-state index in [1.807, 2.05) is 30.9 Å². The van der Waals surface area contributed by atoms with E-state index in [1.165, 1.54) is 12.1 Å². The Balaban J connectivity index is 1.58. The quantitative estimate of drug-likeness (QED) is 0.831. The monoisotopic (exact) mass is 345 g/mol.